The quantitative estimate of drug-likeness (QED) is 0.859. The van der Waals surface area contributed by atoms with Crippen LogP contribution >= 0.6 is 15.9 Å². The molecule has 0 saturated carbocycles. The summed E-state index contributed by atoms with van der Waals surface area (Å²) >= 11 is 3.47. The monoisotopic (exact) mass is 346 g/mol. The normalized spacial score (nSPS) is 10.3. The third kappa shape index (κ3) is 4.33. The summed E-state index contributed by atoms with van der Waals surface area (Å²) < 4.78 is 1.05. The second-order valence-corrected chi connectivity index (χ2v) is 6.10. The molecule has 0 saturated heterocycles. The Morgan fingerprint density at radius 1 is 1.05 bits per heavy atom. The number of amides is 1. The van der Waals surface area contributed by atoms with Gasteiger partial charge in [-0.2, -0.15) is 0 Å². The molecular formula is C17H19BrN2O. The van der Waals surface area contributed by atoms with Crippen molar-refractivity contribution in [1.82, 2.24) is 0 Å². The van der Waals surface area contributed by atoms with E-state index in [0.29, 0.717) is 0 Å². The van der Waals surface area contributed by atoms with Crippen molar-refractivity contribution in [3.05, 3.63) is 57.6 Å². The smallest absolute Gasteiger partial charge is 0.243 e. The van der Waals surface area contributed by atoms with Gasteiger partial charge in [0.2, 0.25) is 5.91 Å². The van der Waals surface area contributed by atoms with E-state index in [-0.39, 0.29) is 12.5 Å². The van der Waals surface area contributed by atoms with Crippen LogP contribution in [0.3, 0.4) is 0 Å². The highest BCUT2D eigenvalue weighted by Gasteiger charge is 2.07. The van der Waals surface area contributed by atoms with Gasteiger partial charge in [-0.25, -0.2) is 0 Å². The minimum atomic E-state index is -0.0550. The molecule has 110 valence electrons. The van der Waals surface area contributed by atoms with Gasteiger partial charge in [0.15, 0.2) is 0 Å². The summed E-state index contributed by atoms with van der Waals surface area (Å²) in [7, 11) is 0. The lowest BCUT2D eigenvalue weighted by Crippen LogP contribution is -2.22. The number of halogens is 1. The number of hydrogen-bond donors (Lipinski definition) is 2. The maximum Gasteiger partial charge on any atom is 0.243 e. The molecule has 4 heteroatoms. The largest absolute Gasteiger partial charge is 0.376 e. The number of anilines is 2. The molecule has 0 unspecified atom stereocenters. The fourth-order valence-corrected chi connectivity index (χ4v) is 2.89. The average Bonchev–Trinajstić information content (AvgIpc) is 2.40. The van der Waals surface area contributed by atoms with Crippen molar-refractivity contribution in [2.75, 3.05) is 17.2 Å². The molecule has 2 N–H and O–H groups in total. The van der Waals surface area contributed by atoms with E-state index < -0.39 is 0 Å². The molecular weight excluding hydrogens is 328 g/mol. The zero-order chi connectivity index (χ0) is 15.4. The van der Waals surface area contributed by atoms with Crippen LogP contribution in [-0.2, 0) is 4.79 Å². The Morgan fingerprint density at radius 2 is 1.62 bits per heavy atom. The van der Waals surface area contributed by atoms with Gasteiger partial charge >= 0.3 is 0 Å². The number of nitrogens with one attached hydrogen (secondary N) is 2. The average molecular weight is 347 g/mol. The SMILES string of the molecule is Cc1ccc(NC(=O)CNc2c(C)cc(Br)cc2C)cc1. The van der Waals surface area contributed by atoms with Crippen LogP contribution in [-0.4, -0.2) is 12.5 Å². The minimum Gasteiger partial charge on any atom is -0.376 e. The molecule has 0 aromatic heterocycles. The molecule has 2 aromatic rings. The van der Waals surface area contributed by atoms with Gasteiger partial charge in [-0.15, -0.1) is 0 Å². The first-order chi connectivity index (χ1) is 9.95. The highest BCUT2D eigenvalue weighted by molar-refractivity contribution is 9.10. The van der Waals surface area contributed by atoms with E-state index in [1.54, 1.807) is 0 Å². The molecule has 21 heavy (non-hydrogen) atoms. The highest BCUT2D eigenvalue weighted by Crippen LogP contribution is 2.24. The van der Waals surface area contributed by atoms with Crippen LogP contribution in [0.15, 0.2) is 40.9 Å². The van der Waals surface area contributed by atoms with E-state index in [9.17, 15) is 4.79 Å². The van der Waals surface area contributed by atoms with E-state index in [1.165, 1.54) is 5.56 Å². The number of hydrogen-bond acceptors (Lipinski definition) is 2. The second-order valence-electron chi connectivity index (χ2n) is 5.18. The molecule has 2 rings (SSSR count). The van der Waals surface area contributed by atoms with Crippen molar-refractivity contribution in [3.8, 4) is 0 Å². The number of rotatable bonds is 4. The summed E-state index contributed by atoms with van der Waals surface area (Å²) in [5.41, 5.74) is 5.23. The van der Waals surface area contributed by atoms with Crippen molar-refractivity contribution >= 4 is 33.2 Å². The zero-order valence-electron chi connectivity index (χ0n) is 12.5. The Kier molecular flexibility index (Phi) is 5.02. The van der Waals surface area contributed by atoms with E-state index >= 15 is 0 Å². The van der Waals surface area contributed by atoms with E-state index in [4.69, 9.17) is 0 Å². The molecule has 0 radical (unpaired) electrons. The Bertz CT molecular complexity index is 627. The molecule has 0 heterocycles. The lowest BCUT2D eigenvalue weighted by molar-refractivity contribution is -0.114. The first-order valence-corrected chi connectivity index (χ1v) is 7.62. The van der Waals surface area contributed by atoms with Gasteiger partial charge in [-0.3, -0.25) is 4.79 Å². The Labute approximate surface area is 133 Å². The van der Waals surface area contributed by atoms with Gasteiger partial charge in [0, 0.05) is 15.8 Å². The summed E-state index contributed by atoms with van der Waals surface area (Å²) in [4.78, 5) is 12.0. The maximum absolute atomic E-state index is 12.0. The number of benzene rings is 2. The van der Waals surface area contributed by atoms with E-state index in [1.807, 2.05) is 57.2 Å². The number of carbonyl (C=O) groups excluding carboxylic acids is 1. The molecule has 3 nitrogen and oxygen atoms in total. The lowest BCUT2D eigenvalue weighted by atomic mass is 10.1. The number of aryl methyl sites for hydroxylation is 3. The van der Waals surface area contributed by atoms with Gasteiger partial charge in [-0.05, 0) is 56.2 Å². The van der Waals surface area contributed by atoms with E-state index in [0.717, 1.165) is 27.0 Å². The van der Waals surface area contributed by atoms with Gasteiger partial charge < -0.3 is 10.6 Å². The molecule has 0 aliphatic carbocycles. The van der Waals surface area contributed by atoms with Gasteiger partial charge in [0.25, 0.3) is 0 Å². The molecule has 0 fully saturated rings. The Morgan fingerprint density at radius 3 is 2.19 bits per heavy atom. The third-order valence-electron chi connectivity index (χ3n) is 3.26. The molecule has 0 bridgehead atoms. The zero-order valence-corrected chi connectivity index (χ0v) is 14.0. The summed E-state index contributed by atoms with van der Waals surface area (Å²) in [6.45, 7) is 6.32. The standard InChI is InChI=1S/C17H19BrN2O/c1-11-4-6-15(7-5-11)20-16(21)10-19-17-12(2)8-14(18)9-13(17)3/h4-9,19H,10H2,1-3H3,(H,20,21). The molecule has 0 aliphatic rings. The maximum atomic E-state index is 12.0. The molecule has 0 atom stereocenters. The van der Waals surface area contributed by atoms with Gasteiger partial charge in [0.05, 0.1) is 6.54 Å². The van der Waals surface area contributed by atoms with Crippen LogP contribution in [0.5, 0.6) is 0 Å². The predicted octanol–water partition coefficient (Wildman–Crippen LogP) is 4.42. The molecule has 1 amide bonds. The molecule has 0 spiro atoms. The second kappa shape index (κ2) is 6.76. The summed E-state index contributed by atoms with van der Waals surface area (Å²) in [5.74, 6) is -0.0550. The third-order valence-corrected chi connectivity index (χ3v) is 3.72. The van der Waals surface area contributed by atoms with Gasteiger partial charge in [0.1, 0.15) is 0 Å². The highest BCUT2D eigenvalue weighted by atomic mass is 79.9. The van der Waals surface area contributed by atoms with Gasteiger partial charge in [-0.1, -0.05) is 33.6 Å². The topological polar surface area (TPSA) is 41.1 Å². The van der Waals surface area contributed by atoms with Crippen molar-refractivity contribution in [2.24, 2.45) is 0 Å². The molecule has 2 aromatic carbocycles. The van der Waals surface area contributed by atoms with Crippen LogP contribution in [0, 0.1) is 20.8 Å². The first kappa shape index (κ1) is 15.6. The summed E-state index contributed by atoms with van der Waals surface area (Å²) in [5, 5.41) is 6.09. The Hall–Kier alpha value is -1.81. The summed E-state index contributed by atoms with van der Waals surface area (Å²) in [6.07, 6.45) is 0. The lowest BCUT2D eigenvalue weighted by Gasteiger charge is -2.13. The fourth-order valence-electron chi connectivity index (χ4n) is 2.20. The van der Waals surface area contributed by atoms with Crippen LogP contribution < -0.4 is 10.6 Å². The van der Waals surface area contributed by atoms with Crippen molar-refractivity contribution < 1.29 is 4.79 Å². The predicted molar refractivity (Wildman–Crippen MR) is 91.9 cm³/mol. The van der Waals surface area contributed by atoms with Crippen molar-refractivity contribution in [3.63, 3.8) is 0 Å². The fraction of sp³-hybridized carbons (Fsp3) is 0.235. The van der Waals surface area contributed by atoms with Crippen LogP contribution in [0.2, 0.25) is 0 Å². The van der Waals surface area contributed by atoms with Crippen molar-refractivity contribution in [1.29, 1.82) is 0 Å². The molecule has 0 aliphatic heterocycles. The van der Waals surface area contributed by atoms with Crippen LogP contribution in [0.4, 0.5) is 11.4 Å². The van der Waals surface area contributed by atoms with Crippen molar-refractivity contribution in [2.45, 2.75) is 20.8 Å². The van der Waals surface area contributed by atoms with E-state index in [2.05, 4.69) is 26.6 Å². The minimum absolute atomic E-state index is 0.0550. The first-order valence-electron chi connectivity index (χ1n) is 6.83. The Balaban J connectivity index is 1.97. The van der Waals surface area contributed by atoms with Crippen LogP contribution in [0.25, 0.3) is 0 Å². The number of carbonyl (C=O) groups is 1. The summed E-state index contributed by atoms with van der Waals surface area (Å²) in [6, 6.07) is 11.8. The van der Waals surface area contributed by atoms with Crippen LogP contribution in [0.1, 0.15) is 16.7 Å².